The molecule has 1 fully saturated rings. The van der Waals surface area contributed by atoms with Crippen LogP contribution in [0.25, 0.3) is 0 Å². The normalized spacial score (nSPS) is 14.6. The molecule has 0 radical (unpaired) electrons. The van der Waals surface area contributed by atoms with E-state index in [1.165, 1.54) is 43.1 Å². The number of para-hydroxylation sites is 2. The van der Waals surface area contributed by atoms with Crippen molar-refractivity contribution in [1.29, 1.82) is 0 Å². The van der Waals surface area contributed by atoms with Gasteiger partial charge in [-0.2, -0.15) is 0 Å². The summed E-state index contributed by atoms with van der Waals surface area (Å²) in [5, 5.41) is 3.91. The quantitative estimate of drug-likeness (QED) is 0.712. The van der Waals surface area contributed by atoms with Crippen LogP contribution in [-0.2, 0) is 4.79 Å². The van der Waals surface area contributed by atoms with Gasteiger partial charge in [-0.25, -0.2) is 4.98 Å². The average Bonchev–Trinajstić information content (AvgIpc) is 3.24. The van der Waals surface area contributed by atoms with E-state index < -0.39 is 0 Å². The van der Waals surface area contributed by atoms with E-state index in [0.29, 0.717) is 29.8 Å². The van der Waals surface area contributed by atoms with Crippen molar-refractivity contribution < 1.29 is 9.53 Å². The molecule has 6 heteroatoms. The summed E-state index contributed by atoms with van der Waals surface area (Å²) in [7, 11) is 0. The van der Waals surface area contributed by atoms with Gasteiger partial charge in [0.2, 0.25) is 5.91 Å². The first-order valence-electron chi connectivity index (χ1n) is 9.30. The Hall–Kier alpha value is -1.95. The van der Waals surface area contributed by atoms with Crippen molar-refractivity contribution in [2.45, 2.75) is 57.7 Å². The molecule has 1 aromatic heterocycles. The Morgan fingerprint density at radius 2 is 2.04 bits per heavy atom. The lowest BCUT2D eigenvalue weighted by atomic mass is 10.2. The van der Waals surface area contributed by atoms with Crippen molar-refractivity contribution in [2.75, 3.05) is 17.7 Å². The molecule has 5 nitrogen and oxygen atoms in total. The Morgan fingerprint density at radius 3 is 2.77 bits per heavy atom. The Bertz CT molecular complexity index is 766. The summed E-state index contributed by atoms with van der Waals surface area (Å²) in [5.41, 5.74) is 2.99. The van der Waals surface area contributed by atoms with E-state index in [1.807, 2.05) is 38.1 Å². The highest BCUT2D eigenvalue weighted by molar-refractivity contribution is 7.99. The summed E-state index contributed by atoms with van der Waals surface area (Å²) in [4.78, 5) is 17.1. The molecule has 1 aliphatic rings. The van der Waals surface area contributed by atoms with Crippen molar-refractivity contribution >= 4 is 23.4 Å². The van der Waals surface area contributed by atoms with Gasteiger partial charge in [0, 0.05) is 11.7 Å². The zero-order chi connectivity index (χ0) is 18.5. The third-order valence-electron chi connectivity index (χ3n) is 4.84. The van der Waals surface area contributed by atoms with Gasteiger partial charge in [-0.15, -0.1) is 0 Å². The Labute approximate surface area is 159 Å². The fourth-order valence-corrected chi connectivity index (χ4v) is 4.42. The summed E-state index contributed by atoms with van der Waals surface area (Å²) < 4.78 is 7.91. The summed E-state index contributed by atoms with van der Waals surface area (Å²) in [6.07, 6.45) is 4.97. The molecule has 1 N–H and O–H groups in total. The van der Waals surface area contributed by atoms with Crippen LogP contribution in [0.2, 0.25) is 0 Å². The van der Waals surface area contributed by atoms with Crippen molar-refractivity contribution in [1.82, 2.24) is 9.55 Å². The largest absolute Gasteiger partial charge is 0.492 e. The standard InChI is InChI=1S/C20H27N3O2S/c1-4-25-18-12-8-7-11-17(18)22-19(24)13-26-20-21-14(2)15(3)23(20)16-9-5-6-10-16/h7-8,11-12,16H,4-6,9-10,13H2,1-3H3,(H,22,24). The van der Waals surface area contributed by atoms with Crippen LogP contribution < -0.4 is 10.1 Å². The number of hydrogen-bond acceptors (Lipinski definition) is 4. The topological polar surface area (TPSA) is 56.1 Å². The van der Waals surface area contributed by atoms with Gasteiger partial charge in [0.15, 0.2) is 5.16 Å². The van der Waals surface area contributed by atoms with E-state index in [4.69, 9.17) is 9.72 Å². The number of benzene rings is 1. The molecule has 140 valence electrons. The maximum absolute atomic E-state index is 12.4. The third kappa shape index (κ3) is 4.23. The van der Waals surface area contributed by atoms with Gasteiger partial charge in [-0.3, -0.25) is 4.79 Å². The zero-order valence-corrected chi connectivity index (χ0v) is 16.6. The fourth-order valence-electron chi connectivity index (χ4n) is 3.46. The van der Waals surface area contributed by atoms with Crippen LogP contribution in [-0.4, -0.2) is 27.8 Å². The van der Waals surface area contributed by atoms with Gasteiger partial charge in [0.05, 0.1) is 23.7 Å². The minimum Gasteiger partial charge on any atom is -0.492 e. The van der Waals surface area contributed by atoms with Gasteiger partial charge in [-0.05, 0) is 45.7 Å². The molecule has 0 aliphatic heterocycles. The van der Waals surface area contributed by atoms with Gasteiger partial charge >= 0.3 is 0 Å². The maximum atomic E-state index is 12.4. The lowest BCUT2D eigenvalue weighted by Crippen LogP contribution is -2.16. The predicted molar refractivity (Wildman–Crippen MR) is 106 cm³/mol. The predicted octanol–water partition coefficient (Wildman–Crippen LogP) is 4.74. The molecular formula is C20H27N3O2S. The van der Waals surface area contributed by atoms with Gasteiger partial charge < -0.3 is 14.6 Å². The molecule has 0 saturated heterocycles. The molecule has 1 amide bonds. The number of hydrogen-bond donors (Lipinski definition) is 1. The van der Waals surface area contributed by atoms with Crippen LogP contribution in [0.3, 0.4) is 0 Å². The van der Waals surface area contributed by atoms with E-state index in [9.17, 15) is 4.79 Å². The van der Waals surface area contributed by atoms with E-state index in [2.05, 4.69) is 16.8 Å². The maximum Gasteiger partial charge on any atom is 0.234 e. The van der Waals surface area contributed by atoms with E-state index in [1.54, 1.807) is 0 Å². The summed E-state index contributed by atoms with van der Waals surface area (Å²) >= 11 is 1.51. The molecule has 0 atom stereocenters. The highest BCUT2D eigenvalue weighted by Gasteiger charge is 2.23. The molecule has 1 aromatic carbocycles. The molecule has 1 aliphatic carbocycles. The first kappa shape index (κ1) is 18.8. The number of amides is 1. The van der Waals surface area contributed by atoms with E-state index >= 15 is 0 Å². The van der Waals surface area contributed by atoms with Gasteiger partial charge in [0.1, 0.15) is 5.75 Å². The number of rotatable bonds is 7. The van der Waals surface area contributed by atoms with Crippen LogP contribution in [0.15, 0.2) is 29.4 Å². The zero-order valence-electron chi connectivity index (χ0n) is 15.7. The number of nitrogens with zero attached hydrogens (tertiary/aromatic N) is 2. The number of carbonyl (C=O) groups excluding carboxylic acids is 1. The second-order valence-corrected chi connectivity index (χ2v) is 7.58. The lowest BCUT2D eigenvalue weighted by Gasteiger charge is -2.17. The number of aryl methyl sites for hydroxylation is 1. The van der Waals surface area contributed by atoms with Crippen molar-refractivity contribution in [2.24, 2.45) is 0 Å². The van der Waals surface area contributed by atoms with Crippen molar-refractivity contribution in [3.63, 3.8) is 0 Å². The third-order valence-corrected chi connectivity index (χ3v) is 5.79. The number of aromatic nitrogens is 2. The summed E-state index contributed by atoms with van der Waals surface area (Å²) in [6.45, 7) is 6.67. The number of imidazole rings is 1. The number of anilines is 1. The molecule has 0 unspecified atom stereocenters. The SMILES string of the molecule is CCOc1ccccc1NC(=O)CSc1nc(C)c(C)n1C1CCCC1. The van der Waals surface area contributed by atoms with E-state index in [0.717, 1.165) is 10.9 Å². The highest BCUT2D eigenvalue weighted by atomic mass is 32.2. The number of ether oxygens (including phenoxy) is 1. The summed E-state index contributed by atoms with van der Waals surface area (Å²) in [5.74, 6) is 0.995. The smallest absolute Gasteiger partial charge is 0.234 e. The minimum absolute atomic E-state index is 0.0431. The van der Waals surface area contributed by atoms with Gasteiger partial charge in [0.25, 0.3) is 0 Å². The molecule has 1 heterocycles. The second kappa shape index (κ2) is 8.62. The number of thioether (sulfide) groups is 1. The molecule has 0 bridgehead atoms. The van der Waals surface area contributed by atoms with Gasteiger partial charge in [-0.1, -0.05) is 36.7 Å². The Balaban J connectivity index is 1.66. The van der Waals surface area contributed by atoms with Crippen LogP contribution >= 0.6 is 11.8 Å². The Morgan fingerprint density at radius 1 is 1.31 bits per heavy atom. The molecule has 0 spiro atoms. The minimum atomic E-state index is -0.0431. The Kier molecular flexibility index (Phi) is 6.25. The van der Waals surface area contributed by atoms with Crippen LogP contribution in [0.5, 0.6) is 5.75 Å². The van der Waals surface area contributed by atoms with Crippen molar-refractivity contribution in [3.05, 3.63) is 35.7 Å². The second-order valence-electron chi connectivity index (χ2n) is 6.64. The van der Waals surface area contributed by atoms with Crippen LogP contribution in [0.1, 0.15) is 50.0 Å². The first-order valence-corrected chi connectivity index (χ1v) is 10.3. The van der Waals surface area contributed by atoms with Crippen molar-refractivity contribution in [3.8, 4) is 5.75 Å². The highest BCUT2D eigenvalue weighted by Crippen LogP contribution is 2.35. The molecule has 26 heavy (non-hydrogen) atoms. The number of carbonyl (C=O) groups is 1. The molecule has 2 aromatic rings. The monoisotopic (exact) mass is 373 g/mol. The fraction of sp³-hybridized carbons (Fsp3) is 0.500. The summed E-state index contributed by atoms with van der Waals surface area (Å²) in [6, 6.07) is 8.05. The van der Waals surface area contributed by atoms with Crippen LogP contribution in [0, 0.1) is 13.8 Å². The van der Waals surface area contributed by atoms with E-state index in [-0.39, 0.29) is 5.91 Å². The average molecular weight is 374 g/mol. The molecule has 3 rings (SSSR count). The number of nitrogens with one attached hydrogen (secondary N) is 1. The lowest BCUT2D eigenvalue weighted by molar-refractivity contribution is -0.113. The molecular weight excluding hydrogens is 346 g/mol. The van der Waals surface area contributed by atoms with Crippen LogP contribution in [0.4, 0.5) is 5.69 Å². The first-order chi connectivity index (χ1) is 12.6. The molecule has 1 saturated carbocycles.